The summed E-state index contributed by atoms with van der Waals surface area (Å²) in [5.41, 5.74) is 5.79. The van der Waals surface area contributed by atoms with Crippen LogP contribution < -0.4 is 24.8 Å². The van der Waals surface area contributed by atoms with Crippen molar-refractivity contribution in [2.75, 3.05) is 32.0 Å². The highest BCUT2D eigenvalue weighted by Crippen LogP contribution is 2.34. The van der Waals surface area contributed by atoms with Crippen molar-refractivity contribution in [3.63, 3.8) is 0 Å². The predicted molar refractivity (Wildman–Crippen MR) is 175 cm³/mol. The molecule has 0 spiro atoms. The first-order valence-corrected chi connectivity index (χ1v) is 14.9. The number of rotatable bonds is 10. The number of nitrogens with one attached hydrogen (secondary N) is 2. The Bertz CT molecular complexity index is 1970. The van der Waals surface area contributed by atoms with Gasteiger partial charge in [-0.25, -0.2) is 9.97 Å². The molecule has 3 aromatic carbocycles. The van der Waals surface area contributed by atoms with E-state index in [0.717, 1.165) is 55.0 Å². The summed E-state index contributed by atoms with van der Waals surface area (Å²) in [4.78, 5) is 27.3. The van der Waals surface area contributed by atoms with Crippen LogP contribution in [0.25, 0.3) is 21.0 Å². The molecule has 10 heteroatoms. The largest absolute Gasteiger partial charge is 0.497 e. The van der Waals surface area contributed by atoms with Crippen LogP contribution in [0.4, 0.5) is 11.5 Å². The van der Waals surface area contributed by atoms with E-state index in [0.29, 0.717) is 35.6 Å². The van der Waals surface area contributed by atoms with Gasteiger partial charge in [-0.1, -0.05) is 24.3 Å². The van der Waals surface area contributed by atoms with Gasteiger partial charge in [0, 0.05) is 46.9 Å². The lowest BCUT2D eigenvalue weighted by molar-refractivity contribution is 0.102. The number of thiophene rings is 1. The van der Waals surface area contributed by atoms with Crippen LogP contribution in [0.3, 0.4) is 0 Å². The highest BCUT2D eigenvalue weighted by Gasteiger charge is 2.19. The number of amides is 1. The molecule has 0 aliphatic carbocycles. The number of carbonyl (C=O) groups excluding carboxylic acids is 1. The summed E-state index contributed by atoms with van der Waals surface area (Å²) in [6.07, 6.45) is 3.92. The van der Waals surface area contributed by atoms with Crippen LogP contribution in [0.5, 0.6) is 17.2 Å². The van der Waals surface area contributed by atoms with Gasteiger partial charge in [-0.05, 0) is 48.4 Å². The third-order valence-corrected chi connectivity index (χ3v) is 8.52. The maximum Gasteiger partial charge on any atom is 0.258 e. The van der Waals surface area contributed by atoms with Crippen LogP contribution in [-0.4, -0.2) is 42.2 Å². The van der Waals surface area contributed by atoms with Gasteiger partial charge in [0.1, 0.15) is 29.4 Å². The number of aromatic nitrogens is 3. The first-order chi connectivity index (χ1) is 21.5. The van der Waals surface area contributed by atoms with Crippen molar-refractivity contribution in [2.45, 2.75) is 19.9 Å². The second-order valence-corrected chi connectivity index (χ2v) is 11.0. The number of nitrogens with zero attached hydrogens (tertiary/aromatic N) is 3. The molecule has 9 nitrogen and oxygen atoms in total. The summed E-state index contributed by atoms with van der Waals surface area (Å²) in [6.45, 7) is 2.46. The summed E-state index contributed by atoms with van der Waals surface area (Å²) in [6, 6.07) is 19.7. The Balaban J connectivity index is 1.26. The van der Waals surface area contributed by atoms with E-state index in [1.807, 2.05) is 66.9 Å². The number of fused-ring (bicyclic) bond motifs is 2. The van der Waals surface area contributed by atoms with Crippen LogP contribution in [-0.2, 0) is 13.0 Å². The van der Waals surface area contributed by atoms with Crippen molar-refractivity contribution >= 4 is 49.7 Å². The highest BCUT2D eigenvalue weighted by molar-refractivity contribution is 7.18. The summed E-state index contributed by atoms with van der Waals surface area (Å²) >= 11 is 1.43. The minimum Gasteiger partial charge on any atom is -0.497 e. The van der Waals surface area contributed by atoms with Gasteiger partial charge in [-0.15, -0.1) is 11.3 Å². The number of hydrogen-bond donors (Lipinski definition) is 2. The lowest BCUT2D eigenvalue weighted by Gasteiger charge is -2.14. The van der Waals surface area contributed by atoms with E-state index >= 15 is 0 Å². The van der Waals surface area contributed by atoms with Crippen molar-refractivity contribution in [2.24, 2.45) is 0 Å². The monoisotopic (exact) mass is 605 g/mol. The van der Waals surface area contributed by atoms with Gasteiger partial charge < -0.3 is 24.8 Å². The van der Waals surface area contributed by atoms with Gasteiger partial charge in [-0.2, -0.15) is 0 Å². The zero-order valence-electron chi connectivity index (χ0n) is 24.8. The molecule has 0 bridgehead atoms. The number of aryl methyl sites for hydroxylation is 1. The number of hydrogen-bond acceptors (Lipinski definition) is 9. The van der Waals surface area contributed by atoms with Crippen molar-refractivity contribution in [1.82, 2.24) is 15.0 Å². The van der Waals surface area contributed by atoms with E-state index in [-0.39, 0.29) is 5.91 Å². The van der Waals surface area contributed by atoms with Crippen LogP contribution >= 0.6 is 11.3 Å². The molecular weight excluding hydrogens is 574 g/mol. The van der Waals surface area contributed by atoms with E-state index in [1.165, 1.54) is 17.7 Å². The molecule has 0 fully saturated rings. The first-order valence-electron chi connectivity index (χ1n) is 14.0. The molecule has 0 atom stereocenters. The molecule has 0 aliphatic rings. The first kappa shape index (κ1) is 28.9. The molecule has 0 radical (unpaired) electrons. The second-order valence-electron chi connectivity index (χ2n) is 10.2. The predicted octanol–water partition coefficient (Wildman–Crippen LogP) is 7.03. The van der Waals surface area contributed by atoms with Crippen molar-refractivity contribution in [3.05, 3.63) is 107 Å². The Kier molecular flexibility index (Phi) is 8.25. The molecule has 44 heavy (non-hydrogen) atoms. The average molecular weight is 606 g/mol. The Morgan fingerprint density at radius 2 is 1.66 bits per heavy atom. The molecular formula is C34H31N5O4S. The van der Waals surface area contributed by atoms with Crippen LogP contribution in [0.2, 0.25) is 0 Å². The van der Waals surface area contributed by atoms with Gasteiger partial charge in [-0.3, -0.25) is 9.78 Å². The third kappa shape index (κ3) is 5.71. The summed E-state index contributed by atoms with van der Waals surface area (Å²) in [5, 5.41) is 10.3. The number of pyridine rings is 1. The van der Waals surface area contributed by atoms with Crippen LogP contribution in [0.1, 0.15) is 32.7 Å². The SMILES string of the molecule is COc1ccc(Cc2nccc3c(NC(=O)c4csc5c(NCc6ccc(OC)cc6OC)ncnc45)c(C)ccc23)cc1. The maximum atomic E-state index is 13.7. The van der Waals surface area contributed by atoms with E-state index in [4.69, 9.17) is 14.2 Å². The minimum atomic E-state index is -0.234. The summed E-state index contributed by atoms with van der Waals surface area (Å²) in [5.74, 6) is 2.65. The molecule has 0 unspecified atom stereocenters. The normalized spacial score (nSPS) is 11.0. The molecule has 6 aromatic rings. The summed E-state index contributed by atoms with van der Waals surface area (Å²) in [7, 11) is 4.90. The lowest BCUT2D eigenvalue weighted by atomic mass is 10.00. The number of ether oxygens (including phenoxy) is 3. The van der Waals surface area contributed by atoms with E-state index in [2.05, 4.69) is 31.7 Å². The molecule has 6 rings (SSSR count). The van der Waals surface area contributed by atoms with Crippen molar-refractivity contribution < 1.29 is 19.0 Å². The average Bonchev–Trinajstić information content (AvgIpc) is 3.50. The molecule has 2 N–H and O–H groups in total. The van der Waals surface area contributed by atoms with E-state index in [1.54, 1.807) is 27.5 Å². The van der Waals surface area contributed by atoms with Gasteiger partial charge >= 0.3 is 0 Å². The maximum absolute atomic E-state index is 13.7. The van der Waals surface area contributed by atoms with Gasteiger partial charge in [0.15, 0.2) is 0 Å². The van der Waals surface area contributed by atoms with Gasteiger partial charge in [0.2, 0.25) is 0 Å². The molecule has 0 aliphatic heterocycles. The highest BCUT2D eigenvalue weighted by atomic mass is 32.1. The quantitative estimate of drug-likeness (QED) is 0.171. The van der Waals surface area contributed by atoms with Gasteiger partial charge in [0.05, 0.1) is 48.5 Å². The van der Waals surface area contributed by atoms with E-state index < -0.39 is 0 Å². The Hall–Kier alpha value is -5.22. The van der Waals surface area contributed by atoms with Crippen LogP contribution in [0.15, 0.2) is 78.6 Å². The van der Waals surface area contributed by atoms with Crippen LogP contribution in [0, 0.1) is 6.92 Å². The Labute approximate surface area is 258 Å². The van der Waals surface area contributed by atoms with Crippen molar-refractivity contribution in [3.8, 4) is 17.2 Å². The molecule has 3 aromatic heterocycles. The zero-order chi connectivity index (χ0) is 30.6. The fourth-order valence-electron chi connectivity index (χ4n) is 5.16. The summed E-state index contributed by atoms with van der Waals surface area (Å²) < 4.78 is 16.9. The minimum absolute atomic E-state index is 0.234. The molecule has 0 saturated carbocycles. The number of methoxy groups -OCH3 is 3. The second kappa shape index (κ2) is 12.6. The Morgan fingerprint density at radius 1 is 0.864 bits per heavy atom. The van der Waals surface area contributed by atoms with E-state index in [9.17, 15) is 4.79 Å². The zero-order valence-corrected chi connectivity index (χ0v) is 25.6. The standard InChI is InChI=1S/C34H31N5O4S/c1-20-5-12-25-26(13-14-35-28(25)15-21-6-9-23(41-2)10-7-21)30(20)39-34(40)27-18-44-32-31(27)37-19-38-33(32)36-17-22-8-11-24(42-3)16-29(22)43-4/h5-14,16,18-19H,15,17H2,1-4H3,(H,39,40)(H,36,37,38). The number of benzene rings is 3. The Morgan fingerprint density at radius 3 is 2.43 bits per heavy atom. The number of carbonyl (C=O) groups is 1. The van der Waals surface area contributed by atoms with Crippen molar-refractivity contribution in [1.29, 1.82) is 0 Å². The third-order valence-electron chi connectivity index (χ3n) is 7.54. The number of anilines is 2. The topological polar surface area (TPSA) is 107 Å². The smallest absolute Gasteiger partial charge is 0.258 e. The molecule has 0 saturated heterocycles. The fraction of sp³-hybridized carbons (Fsp3) is 0.176. The molecule has 1 amide bonds. The molecule has 3 heterocycles. The molecule has 222 valence electrons. The van der Waals surface area contributed by atoms with Gasteiger partial charge in [0.25, 0.3) is 5.91 Å². The fourth-order valence-corrected chi connectivity index (χ4v) is 6.13. The lowest BCUT2D eigenvalue weighted by Crippen LogP contribution is -2.13.